The molecule has 0 saturated heterocycles. The molecule has 1 heterocycles. The molecule has 138 valence electrons. The molecular formula is C21H22N4O2. The zero-order chi connectivity index (χ0) is 19.2. The number of nitrogens with one attached hydrogen (secondary N) is 1. The summed E-state index contributed by atoms with van der Waals surface area (Å²) in [6.45, 7) is 2.59. The standard InChI is InChI=1S/C21H22N4O2/c1-16(26)23-20-10-6-9-19(11-20)21(27)24(2)13-18-12-22-25(15-18)14-17-7-4-3-5-8-17/h3-12,15H,13-14H2,1-2H3,(H,23,26). The molecule has 0 unspecified atom stereocenters. The van der Waals surface area contributed by atoms with Crippen molar-refractivity contribution in [1.82, 2.24) is 14.7 Å². The van der Waals surface area contributed by atoms with Crippen LogP contribution in [0.3, 0.4) is 0 Å². The van der Waals surface area contributed by atoms with Crippen molar-refractivity contribution in [2.75, 3.05) is 12.4 Å². The molecule has 3 rings (SSSR count). The van der Waals surface area contributed by atoms with Gasteiger partial charge in [0.25, 0.3) is 5.91 Å². The number of anilines is 1. The maximum atomic E-state index is 12.7. The minimum absolute atomic E-state index is 0.113. The van der Waals surface area contributed by atoms with Gasteiger partial charge in [-0.15, -0.1) is 0 Å². The summed E-state index contributed by atoms with van der Waals surface area (Å²) in [7, 11) is 1.75. The van der Waals surface area contributed by atoms with Crippen molar-refractivity contribution < 1.29 is 9.59 Å². The Balaban J connectivity index is 1.64. The first-order chi connectivity index (χ1) is 13.0. The van der Waals surface area contributed by atoms with Gasteiger partial charge in [-0.05, 0) is 23.8 Å². The highest BCUT2D eigenvalue weighted by atomic mass is 16.2. The van der Waals surface area contributed by atoms with Gasteiger partial charge in [0, 0.05) is 43.5 Å². The number of carbonyl (C=O) groups excluding carboxylic acids is 2. The summed E-state index contributed by atoms with van der Waals surface area (Å²) in [6.07, 6.45) is 3.73. The molecular weight excluding hydrogens is 340 g/mol. The van der Waals surface area contributed by atoms with Crippen molar-refractivity contribution in [1.29, 1.82) is 0 Å². The van der Waals surface area contributed by atoms with Crippen LogP contribution in [-0.4, -0.2) is 33.5 Å². The van der Waals surface area contributed by atoms with Gasteiger partial charge in [-0.3, -0.25) is 14.3 Å². The number of hydrogen-bond acceptors (Lipinski definition) is 3. The van der Waals surface area contributed by atoms with E-state index in [0.29, 0.717) is 24.3 Å². The molecule has 0 aliphatic heterocycles. The highest BCUT2D eigenvalue weighted by molar-refractivity contribution is 5.96. The second-order valence-corrected chi connectivity index (χ2v) is 6.45. The Morgan fingerprint density at radius 2 is 1.85 bits per heavy atom. The summed E-state index contributed by atoms with van der Waals surface area (Å²) in [5.41, 5.74) is 3.27. The molecule has 0 radical (unpaired) electrons. The van der Waals surface area contributed by atoms with Crippen LogP contribution in [0, 0.1) is 0 Å². The normalized spacial score (nSPS) is 10.4. The predicted molar refractivity (Wildman–Crippen MR) is 104 cm³/mol. The number of nitrogens with zero attached hydrogens (tertiary/aromatic N) is 3. The lowest BCUT2D eigenvalue weighted by molar-refractivity contribution is -0.114. The van der Waals surface area contributed by atoms with Gasteiger partial charge in [-0.2, -0.15) is 5.10 Å². The zero-order valence-corrected chi connectivity index (χ0v) is 15.4. The molecule has 0 saturated carbocycles. The Kier molecular flexibility index (Phi) is 5.66. The van der Waals surface area contributed by atoms with Crippen LogP contribution in [0.4, 0.5) is 5.69 Å². The first-order valence-corrected chi connectivity index (χ1v) is 8.69. The fraction of sp³-hybridized carbons (Fsp3) is 0.190. The van der Waals surface area contributed by atoms with E-state index in [4.69, 9.17) is 0 Å². The molecule has 27 heavy (non-hydrogen) atoms. The van der Waals surface area contributed by atoms with Crippen LogP contribution in [0.2, 0.25) is 0 Å². The molecule has 0 spiro atoms. The van der Waals surface area contributed by atoms with Gasteiger partial charge < -0.3 is 10.2 Å². The number of amides is 2. The first-order valence-electron chi connectivity index (χ1n) is 8.69. The molecule has 2 aromatic carbocycles. The third-order valence-electron chi connectivity index (χ3n) is 4.07. The van der Waals surface area contributed by atoms with Crippen molar-refractivity contribution in [3.8, 4) is 0 Å². The van der Waals surface area contributed by atoms with Crippen LogP contribution < -0.4 is 5.32 Å². The minimum atomic E-state index is -0.168. The van der Waals surface area contributed by atoms with Crippen molar-refractivity contribution >= 4 is 17.5 Å². The van der Waals surface area contributed by atoms with Crippen LogP contribution in [0.15, 0.2) is 67.0 Å². The Bertz CT molecular complexity index is 934. The Morgan fingerprint density at radius 1 is 1.07 bits per heavy atom. The lowest BCUT2D eigenvalue weighted by atomic mass is 10.1. The van der Waals surface area contributed by atoms with Crippen molar-refractivity contribution in [3.05, 3.63) is 83.7 Å². The van der Waals surface area contributed by atoms with E-state index in [2.05, 4.69) is 22.5 Å². The molecule has 0 fully saturated rings. The van der Waals surface area contributed by atoms with Crippen LogP contribution in [0.1, 0.15) is 28.4 Å². The first kappa shape index (κ1) is 18.4. The van der Waals surface area contributed by atoms with Crippen LogP contribution >= 0.6 is 0 Å². The number of hydrogen-bond donors (Lipinski definition) is 1. The van der Waals surface area contributed by atoms with E-state index < -0.39 is 0 Å². The summed E-state index contributed by atoms with van der Waals surface area (Å²) in [5, 5.41) is 7.07. The van der Waals surface area contributed by atoms with E-state index >= 15 is 0 Å². The molecule has 6 heteroatoms. The summed E-state index contributed by atoms with van der Waals surface area (Å²) in [5.74, 6) is -0.281. The quantitative estimate of drug-likeness (QED) is 0.732. The number of benzene rings is 2. The second-order valence-electron chi connectivity index (χ2n) is 6.45. The van der Waals surface area contributed by atoms with Crippen LogP contribution in [0.5, 0.6) is 0 Å². The van der Waals surface area contributed by atoms with E-state index in [1.165, 1.54) is 12.5 Å². The van der Waals surface area contributed by atoms with Crippen molar-refractivity contribution in [2.24, 2.45) is 0 Å². The third-order valence-corrected chi connectivity index (χ3v) is 4.07. The minimum Gasteiger partial charge on any atom is -0.337 e. The fourth-order valence-electron chi connectivity index (χ4n) is 2.84. The molecule has 2 amide bonds. The smallest absolute Gasteiger partial charge is 0.253 e. The van der Waals surface area contributed by atoms with Crippen molar-refractivity contribution in [3.63, 3.8) is 0 Å². The molecule has 3 aromatic rings. The molecule has 0 aliphatic carbocycles. The highest BCUT2D eigenvalue weighted by Crippen LogP contribution is 2.14. The Hall–Kier alpha value is -3.41. The topological polar surface area (TPSA) is 67.2 Å². The number of carbonyl (C=O) groups is 2. The van der Waals surface area contributed by atoms with Crippen molar-refractivity contribution in [2.45, 2.75) is 20.0 Å². The largest absolute Gasteiger partial charge is 0.337 e. The highest BCUT2D eigenvalue weighted by Gasteiger charge is 2.14. The molecule has 0 bridgehead atoms. The fourth-order valence-corrected chi connectivity index (χ4v) is 2.84. The second kappa shape index (κ2) is 8.31. The van der Waals surface area contributed by atoms with E-state index in [-0.39, 0.29) is 11.8 Å². The molecule has 0 aliphatic rings. The average molecular weight is 362 g/mol. The molecule has 6 nitrogen and oxygen atoms in total. The lowest BCUT2D eigenvalue weighted by Gasteiger charge is -2.16. The molecule has 1 N–H and O–H groups in total. The Labute approximate surface area is 158 Å². The van der Waals surface area contributed by atoms with Crippen LogP contribution in [-0.2, 0) is 17.9 Å². The van der Waals surface area contributed by atoms with Gasteiger partial charge in [0.1, 0.15) is 0 Å². The van der Waals surface area contributed by atoms with E-state index in [1.807, 2.05) is 29.1 Å². The van der Waals surface area contributed by atoms with Crippen LogP contribution in [0.25, 0.3) is 0 Å². The van der Waals surface area contributed by atoms with Gasteiger partial charge >= 0.3 is 0 Å². The number of rotatable bonds is 6. The van der Waals surface area contributed by atoms with Gasteiger partial charge in [0.2, 0.25) is 5.91 Å². The van der Waals surface area contributed by atoms with Gasteiger partial charge in [-0.25, -0.2) is 0 Å². The van der Waals surface area contributed by atoms with E-state index in [0.717, 1.165) is 5.56 Å². The monoisotopic (exact) mass is 362 g/mol. The SMILES string of the molecule is CC(=O)Nc1cccc(C(=O)N(C)Cc2cnn(Cc3ccccc3)c2)c1. The maximum absolute atomic E-state index is 12.7. The number of aromatic nitrogens is 2. The zero-order valence-electron chi connectivity index (χ0n) is 15.4. The third kappa shape index (κ3) is 5.04. The molecule has 0 atom stereocenters. The Morgan fingerprint density at radius 3 is 2.59 bits per heavy atom. The van der Waals surface area contributed by atoms with E-state index in [1.54, 1.807) is 42.4 Å². The summed E-state index contributed by atoms with van der Waals surface area (Å²) < 4.78 is 1.86. The predicted octanol–water partition coefficient (Wildman–Crippen LogP) is 3.16. The summed E-state index contributed by atoms with van der Waals surface area (Å²) >= 11 is 0. The van der Waals surface area contributed by atoms with Gasteiger partial charge in [0.15, 0.2) is 0 Å². The van der Waals surface area contributed by atoms with Gasteiger partial charge in [-0.1, -0.05) is 36.4 Å². The molecule has 1 aromatic heterocycles. The maximum Gasteiger partial charge on any atom is 0.253 e. The summed E-state index contributed by atoms with van der Waals surface area (Å²) in [4.78, 5) is 25.5. The van der Waals surface area contributed by atoms with Gasteiger partial charge in [0.05, 0.1) is 12.7 Å². The van der Waals surface area contributed by atoms with E-state index in [9.17, 15) is 9.59 Å². The average Bonchev–Trinajstić information content (AvgIpc) is 3.08. The lowest BCUT2D eigenvalue weighted by Crippen LogP contribution is -2.26. The summed E-state index contributed by atoms with van der Waals surface area (Å²) in [6, 6.07) is 17.0.